The normalized spacial score (nSPS) is 14.9. The summed E-state index contributed by atoms with van der Waals surface area (Å²) < 4.78 is 0. The third-order valence-corrected chi connectivity index (χ3v) is 3.93. The van der Waals surface area contributed by atoms with E-state index in [9.17, 15) is 0 Å². The number of benzene rings is 1. The van der Waals surface area contributed by atoms with Gasteiger partial charge in [0, 0.05) is 16.3 Å². The lowest BCUT2D eigenvalue weighted by atomic mass is 10.0. The Morgan fingerprint density at radius 3 is 2.67 bits per heavy atom. The molecule has 3 heteroatoms. The molecule has 1 nitrogen and oxygen atoms in total. The van der Waals surface area contributed by atoms with E-state index < -0.39 is 0 Å². The minimum absolute atomic E-state index is 0.202. The third kappa shape index (κ3) is 3.71. The summed E-state index contributed by atoms with van der Waals surface area (Å²) in [5.74, 6) is 1.07. The Bertz CT molecular complexity index is 303. The summed E-state index contributed by atoms with van der Waals surface area (Å²) in [6.07, 6.45) is 0.990. The van der Waals surface area contributed by atoms with Crippen molar-refractivity contribution < 1.29 is 0 Å². The van der Waals surface area contributed by atoms with E-state index in [4.69, 9.17) is 17.3 Å². The van der Waals surface area contributed by atoms with E-state index in [1.807, 2.05) is 30.0 Å². The Kier molecular flexibility index (Phi) is 5.51. The van der Waals surface area contributed by atoms with Gasteiger partial charge in [0.25, 0.3) is 0 Å². The first-order valence-corrected chi connectivity index (χ1v) is 6.74. The zero-order chi connectivity index (χ0) is 11.3. The minimum Gasteiger partial charge on any atom is -0.326 e. The summed E-state index contributed by atoms with van der Waals surface area (Å²) in [5, 5.41) is 1.15. The van der Waals surface area contributed by atoms with E-state index >= 15 is 0 Å². The van der Waals surface area contributed by atoms with Crippen molar-refractivity contribution in [1.29, 1.82) is 0 Å². The van der Waals surface area contributed by atoms with E-state index in [1.54, 1.807) is 0 Å². The Balaban J connectivity index is 2.88. The molecule has 0 amide bonds. The highest BCUT2D eigenvalue weighted by Crippen LogP contribution is 2.33. The third-order valence-electron chi connectivity index (χ3n) is 2.38. The highest BCUT2D eigenvalue weighted by atomic mass is 35.5. The van der Waals surface area contributed by atoms with E-state index in [0.717, 1.165) is 17.2 Å². The molecular formula is C12H18ClNS. The van der Waals surface area contributed by atoms with Crippen molar-refractivity contribution in [3.05, 3.63) is 34.9 Å². The Labute approximate surface area is 101 Å². The van der Waals surface area contributed by atoms with Crippen molar-refractivity contribution in [1.82, 2.24) is 0 Å². The lowest BCUT2D eigenvalue weighted by Crippen LogP contribution is -2.25. The van der Waals surface area contributed by atoms with Crippen molar-refractivity contribution in [2.45, 2.75) is 31.6 Å². The van der Waals surface area contributed by atoms with Gasteiger partial charge in [-0.3, -0.25) is 0 Å². The lowest BCUT2D eigenvalue weighted by molar-refractivity contribution is 0.634. The van der Waals surface area contributed by atoms with Gasteiger partial charge in [-0.15, -0.1) is 0 Å². The Morgan fingerprint density at radius 1 is 1.40 bits per heavy atom. The van der Waals surface area contributed by atoms with Crippen molar-refractivity contribution in [2.24, 2.45) is 5.73 Å². The van der Waals surface area contributed by atoms with Crippen LogP contribution in [0, 0.1) is 0 Å². The van der Waals surface area contributed by atoms with Gasteiger partial charge < -0.3 is 5.73 Å². The van der Waals surface area contributed by atoms with Crippen LogP contribution >= 0.6 is 23.4 Å². The fraction of sp³-hybridized carbons (Fsp3) is 0.500. The largest absolute Gasteiger partial charge is 0.326 e. The van der Waals surface area contributed by atoms with Gasteiger partial charge in [0.05, 0.1) is 0 Å². The Morgan fingerprint density at radius 2 is 2.13 bits per heavy atom. The molecule has 0 saturated carbocycles. The van der Waals surface area contributed by atoms with E-state index in [1.165, 1.54) is 5.56 Å². The molecule has 0 aromatic heterocycles. The molecule has 0 aliphatic heterocycles. The molecule has 0 heterocycles. The molecule has 0 spiro atoms. The molecule has 0 bridgehead atoms. The van der Waals surface area contributed by atoms with Crippen molar-refractivity contribution >= 4 is 23.4 Å². The van der Waals surface area contributed by atoms with Crippen LogP contribution in [0.4, 0.5) is 0 Å². The second-order valence-electron chi connectivity index (χ2n) is 3.50. The van der Waals surface area contributed by atoms with Crippen molar-refractivity contribution in [2.75, 3.05) is 5.75 Å². The molecule has 0 aliphatic carbocycles. The van der Waals surface area contributed by atoms with Gasteiger partial charge in [-0.1, -0.05) is 37.6 Å². The minimum atomic E-state index is 0.202. The average Bonchev–Trinajstić information content (AvgIpc) is 2.25. The number of thioether (sulfide) groups is 1. The van der Waals surface area contributed by atoms with Crippen LogP contribution in [-0.4, -0.2) is 11.8 Å². The van der Waals surface area contributed by atoms with Crippen LogP contribution in [0.2, 0.25) is 5.02 Å². The molecule has 0 fully saturated rings. The van der Waals surface area contributed by atoms with Gasteiger partial charge in [0.1, 0.15) is 0 Å². The van der Waals surface area contributed by atoms with Crippen LogP contribution in [0.15, 0.2) is 24.3 Å². The van der Waals surface area contributed by atoms with Gasteiger partial charge in [0.2, 0.25) is 0 Å². The molecule has 1 aromatic rings. The Hall–Kier alpha value is -0.180. The summed E-state index contributed by atoms with van der Waals surface area (Å²) in [4.78, 5) is 0. The molecule has 1 aromatic carbocycles. The van der Waals surface area contributed by atoms with Crippen molar-refractivity contribution in [3.63, 3.8) is 0 Å². The molecule has 0 radical (unpaired) electrons. The second kappa shape index (κ2) is 6.41. The molecule has 2 N–H and O–H groups in total. The molecule has 0 aliphatic rings. The maximum atomic E-state index is 6.12. The van der Waals surface area contributed by atoms with Crippen LogP contribution < -0.4 is 5.73 Å². The van der Waals surface area contributed by atoms with E-state index in [-0.39, 0.29) is 6.04 Å². The summed E-state index contributed by atoms with van der Waals surface area (Å²) in [7, 11) is 0. The van der Waals surface area contributed by atoms with Gasteiger partial charge in [-0.25, -0.2) is 0 Å². The standard InChI is InChI=1S/C12H18ClNS/c1-3-11(14)12(15-4-2)9-6-5-7-10(13)8-9/h5-8,11-12H,3-4,14H2,1-2H3. The highest BCUT2D eigenvalue weighted by molar-refractivity contribution is 7.99. The van der Waals surface area contributed by atoms with Gasteiger partial charge in [-0.2, -0.15) is 11.8 Å². The SMILES string of the molecule is CCSC(c1cccc(Cl)c1)C(N)CC. The van der Waals surface area contributed by atoms with Gasteiger partial charge in [0.15, 0.2) is 0 Å². The first-order chi connectivity index (χ1) is 7.19. The van der Waals surface area contributed by atoms with E-state index in [0.29, 0.717) is 5.25 Å². The van der Waals surface area contributed by atoms with Gasteiger partial charge >= 0.3 is 0 Å². The van der Waals surface area contributed by atoms with Crippen LogP contribution in [0.3, 0.4) is 0 Å². The quantitative estimate of drug-likeness (QED) is 0.850. The molecule has 15 heavy (non-hydrogen) atoms. The predicted molar refractivity (Wildman–Crippen MR) is 70.6 cm³/mol. The highest BCUT2D eigenvalue weighted by Gasteiger charge is 2.18. The number of halogens is 1. The zero-order valence-corrected chi connectivity index (χ0v) is 10.8. The fourth-order valence-corrected chi connectivity index (χ4v) is 2.88. The summed E-state index contributed by atoms with van der Waals surface area (Å²) in [6.45, 7) is 4.28. The smallest absolute Gasteiger partial charge is 0.0448 e. The topological polar surface area (TPSA) is 26.0 Å². The maximum Gasteiger partial charge on any atom is 0.0448 e. The monoisotopic (exact) mass is 243 g/mol. The summed E-state index contributed by atoms with van der Waals surface area (Å²) in [6, 6.07) is 8.21. The number of hydrogen-bond donors (Lipinski definition) is 1. The molecule has 0 saturated heterocycles. The predicted octanol–water partition coefficient (Wildman–Crippen LogP) is 3.87. The van der Waals surface area contributed by atoms with Crippen molar-refractivity contribution in [3.8, 4) is 0 Å². The molecule has 1 rings (SSSR count). The van der Waals surface area contributed by atoms with Crippen LogP contribution in [0.1, 0.15) is 31.1 Å². The summed E-state index contributed by atoms with van der Waals surface area (Å²) in [5.41, 5.74) is 7.36. The average molecular weight is 244 g/mol. The van der Waals surface area contributed by atoms with E-state index in [2.05, 4.69) is 19.9 Å². The van der Waals surface area contributed by atoms with Crippen LogP contribution in [0.5, 0.6) is 0 Å². The first kappa shape index (κ1) is 12.9. The van der Waals surface area contributed by atoms with Crippen LogP contribution in [-0.2, 0) is 0 Å². The van der Waals surface area contributed by atoms with Gasteiger partial charge in [-0.05, 0) is 29.9 Å². The lowest BCUT2D eigenvalue weighted by Gasteiger charge is -2.22. The molecule has 84 valence electrons. The fourth-order valence-electron chi connectivity index (χ4n) is 1.54. The van der Waals surface area contributed by atoms with Crippen LogP contribution in [0.25, 0.3) is 0 Å². The summed E-state index contributed by atoms with van der Waals surface area (Å²) >= 11 is 7.87. The molecule has 2 atom stereocenters. The number of hydrogen-bond acceptors (Lipinski definition) is 2. The number of nitrogens with two attached hydrogens (primary N) is 1. The first-order valence-electron chi connectivity index (χ1n) is 5.31. The molecular weight excluding hydrogens is 226 g/mol. The molecule has 2 unspecified atom stereocenters. The number of rotatable bonds is 5. The second-order valence-corrected chi connectivity index (χ2v) is 5.36. The zero-order valence-electron chi connectivity index (χ0n) is 9.24. The maximum absolute atomic E-state index is 6.12.